The lowest BCUT2D eigenvalue weighted by molar-refractivity contribution is -0.136. The third kappa shape index (κ3) is 3.24. The number of imide groups is 2. The van der Waals surface area contributed by atoms with Crippen LogP contribution in [0.5, 0.6) is 0 Å². The Morgan fingerprint density at radius 2 is 1.73 bits per heavy atom. The number of carbonyl (C=O) groups excluding carboxylic acids is 4. The minimum Gasteiger partial charge on any atom is -0.315 e. The summed E-state index contributed by atoms with van der Waals surface area (Å²) in [6, 6.07) is 5.57. The lowest BCUT2D eigenvalue weighted by atomic mass is 9.93. The second-order valence-corrected chi connectivity index (χ2v) is 8.73. The number of carbonyl (C=O) groups is 4. The molecule has 0 aliphatic carbocycles. The van der Waals surface area contributed by atoms with Crippen LogP contribution in [0.1, 0.15) is 64.8 Å². The van der Waals surface area contributed by atoms with Gasteiger partial charge in [0.05, 0.1) is 11.1 Å². The summed E-state index contributed by atoms with van der Waals surface area (Å²) in [5, 5.41) is 5.76. The van der Waals surface area contributed by atoms with E-state index in [-0.39, 0.29) is 18.7 Å². The van der Waals surface area contributed by atoms with Gasteiger partial charge >= 0.3 is 0 Å². The maximum atomic E-state index is 13.0. The van der Waals surface area contributed by atoms with E-state index in [1.165, 1.54) is 19.3 Å². The van der Waals surface area contributed by atoms with Crippen LogP contribution in [0.4, 0.5) is 0 Å². The maximum absolute atomic E-state index is 13.0. The van der Waals surface area contributed by atoms with Crippen molar-refractivity contribution >= 4 is 23.6 Å². The van der Waals surface area contributed by atoms with Gasteiger partial charge in [-0.1, -0.05) is 12.5 Å². The van der Waals surface area contributed by atoms with Gasteiger partial charge in [-0.25, -0.2) is 0 Å². The van der Waals surface area contributed by atoms with Gasteiger partial charge < -0.3 is 5.32 Å². The average molecular weight is 410 g/mol. The number of piperidine rings is 2. The summed E-state index contributed by atoms with van der Waals surface area (Å²) >= 11 is 0. The first-order valence-electron chi connectivity index (χ1n) is 10.8. The SMILES string of the molecule is O=C1CCC(N2C(=O)c3ccc(CN4C5CCCC4CNCC5)cc3C2=O)C(=O)N1. The Kier molecular flexibility index (Phi) is 4.91. The molecule has 1 aromatic carbocycles. The third-order valence-electron chi connectivity index (χ3n) is 6.92. The highest BCUT2D eigenvalue weighted by atomic mass is 16.2. The Labute approximate surface area is 175 Å². The number of hydrogen-bond donors (Lipinski definition) is 2. The molecule has 5 rings (SSSR count). The minimum absolute atomic E-state index is 0.126. The molecule has 0 saturated carbocycles. The Balaban J connectivity index is 1.38. The minimum atomic E-state index is -0.922. The number of amides is 4. The van der Waals surface area contributed by atoms with Crippen molar-refractivity contribution in [3.63, 3.8) is 0 Å². The van der Waals surface area contributed by atoms with Crippen LogP contribution in [0.3, 0.4) is 0 Å². The summed E-state index contributed by atoms with van der Waals surface area (Å²) in [5.74, 6) is -1.84. The predicted molar refractivity (Wildman–Crippen MR) is 108 cm³/mol. The highest BCUT2D eigenvalue weighted by molar-refractivity contribution is 6.23. The molecule has 0 aromatic heterocycles. The number of fused-ring (bicyclic) bond motifs is 3. The highest BCUT2D eigenvalue weighted by Crippen LogP contribution is 2.31. The molecule has 8 heteroatoms. The Hall–Kier alpha value is -2.58. The molecule has 4 amide bonds. The van der Waals surface area contributed by atoms with Crippen LogP contribution in [0.2, 0.25) is 0 Å². The Morgan fingerprint density at radius 3 is 2.57 bits per heavy atom. The van der Waals surface area contributed by atoms with Gasteiger partial charge in [0.1, 0.15) is 6.04 Å². The van der Waals surface area contributed by atoms with Gasteiger partial charge in [0.25, 0.3) is 11.8 Å². The van der Waals surface area contributed by atoms with E-state index in [1.807, 2.05) is 12.1 Å². The largest absolute Gasteiger partial charge is 0.315 e. The first-order chi connectivity index (χ1) is 14.5. The molecule has 3 atom stereocenters. The molecule has 4 aliphatic heterocycles. The molecule has 0 spiro atoms. The van der Waals surface area contributed by atoms with E-state index in [4.69, 9.17) is 0 Å². The zero-order valence-corrected chi connectivity index (χ0v) is 16.9. The van der Waals surface area contributed by atoms with E-state index >= 15 is 0 Å². The van der Waals surface area contributed by atoms with Crippen LogP contribution < -0.4 is 10.6 Å². The van der Waals surface area contributed by atoms with Crippen LogP contribution in [0.15, 0.2) is 18.2 Å². The van der Waals surface area contributed by atoms with Crippen molar-refractivity contribution in [2.24, 2.45) is 0 Å². The lowest BCUT2D eigenvalue weighted by Gasteiger charge is -2.40. The van der Waals surface area contributed by atoms with E-state index in [0.29, 0.717) is 23.2 Å². The van der Waals surface area contributed by atoms with E-state index in [9.17, 15) is 19.2 Å². The van der Waals surface area contributed by atoms with Crippen molar-refractivity contribution in [3.8, 4) is 0 Å². The molecule has 3 fully saturated rings. The first kappa shape index (κ1) is 19.4. The monoisotopic (exact) mass is 410 g/mol. The molecule has 8 nitrogen and oxygen atoms in total. The predicted octanol–water partition coefficient (Wildman–Crippen LogP) is 0.804. The molecule has 3 saturated heterocycles. The van der Waals surface area contributed by atoms with E-state index < -0.39 is 23.8 Å². The van der Waals surface area contributed by atoms with Crippen molar-refractivity contribution in [1.82, 2.24) is 20.4 Å². The molecule has 158 valence electrons. The van der Waals surface area contributed by atoms with Crippen molar-refractivity contribution < 1.29 is 19.2 Å². The van der Waals surface area contributed by atoms with Gasteiger partial charge in [-0.05, 0) is 49.9 Å². The van der Waals surface area contributed by atoms with E-state index in [2.05, 4.69) is 15.5 Å². The summed E-state index contributed by atoms with van der Waals surface area (Å²) in [6.45, 7) is 2.78. The molecule has 4 aliphatic rings. The molecule has 1 aromatic rings. The summed E-state index contributed by atoms with van der Waals surface area (Å²) in [5.41, 5.74) is 1.71. The highest BCUT2D eigenvalue weighted by Gasteiger charge is 2.44. The van der Waals surface area contributed by atoms with Crippen molar-refractivity contribution in [1.29, 1.82) is 0 Å². The molecule has 2 bridgehead atoms. The van der Waals surface area contributed by atoms with Crippen molar-refractivity contribution in [2.75, 3.05) is 13.1 Å². The van der Waals surface area contributed by atoms with Gasteiger partial charge in [-0.15, -0.1) is 0 Å². The molecule has 30 heavy (non-hydrogen) atoms. The number of nitrogens with zero attached hydrogens (tertiary/aromatic N) is 2. The van der Waals surface area contributed by atoms with Crippen LogP contribution >= 0.6 is 0 Å². The summed E-state index contributed by atoms with van der Waals surface area (Å²) in [7, 11) is 0. The second kappa shape index (κ2) is 7.59. The summed E-state index contributed by atoms with van der Waals surface area (Å²) in [6.07, 6.45) is 5.06. The lowest BCUT2D eigenvalue weighted by Crippen LogP contribution is -2.54. The summed E-state index contributed by atoms with van der Waals surface area (Å²) < 4.78 is 0. The molecular formula is C22H26N4O4. The fourth-order valence-electron chi connectivity index (χ4n) is 5.37. The Morgan fingerprint density at radius 1 is 0.933 bits per heavy atom. The number of rotatable bonds is 3. The topological polar surface area (TPSA) is 98.8 Å². The van der Waals surface area contributed by atoms with Gasteiger partial charge in [0.2, 0.25) is 11.8 Å². The van der Waals surface area contributed by atoms with Crippen LogP contribution in [-0.2, 0) is 16.1 Å². The van der Waals surface area contributed by atoms with Crippen LogP contribution in [0.25, 0.3) is 0 Å². The third-order valence-corrected chi connectivity index (χ3v) is 6.92. The second-order valence-electron chi connectivity index (χ2n) is 8.73. The molecule has 4 heterocycles. The zero-order valence-electron chi connectivity index (χ0n) is 16.9. The molecule has 2 N–H and O–H groups in total. The van der Waals surface area contributed by atoms with Crippen LogP contribution in [0, 0.1) is 0 Å². The zero-order chi connectivity index (χ0) is 20.8. The normalized spacial score (nSPS) is 29.6. The van der Waals surface area contributed by atoms with E-state index in [1.54, 1.807) is 6.07 Å². The quantitative estimate of drug-likeness (QED) is 0.716. The number of benzene rings is 1. The molecule has 3 unspecified atom stereocenters. The fraction of sp³-hybridized carbons (Fsp3) is 0.545. The number of nitrogens with one attached hydrogen (secondary N) is 2. The van der Waals surface area contributed by atoms with Crippen molar-refractivity contribution in [3.05, 3.63) is 34.9 Å². The first-order valence-corrected chi connectivity index (χ1v) is 10.8. The van der Waals surface area contributed by atoms with Crippen LogP contribution in [-0.4, -0.2) is 64.6 Å². The molecular weight excluding hydrogens is 384 g/mol. The van der Waals surface area contributed by atoms with Gasteiger partial charge in [0, 0.05) is 31.6 Å². The number of hydrogen-bond acceptors (Lipinski definition) is 6. The standard InChI is InChI=1S/C22H26N4O4/c27-19-7-6-18(20(28)24-19)26-21(29)16-5-4-13(10-17(16)22(26)30)12-25-14-2-1-3-15(25)11-23-9-8-14/h4-5,10,14-15,18,23H,1-3,6-9,11-12H2,(H,24,27,28). The smallest absolute Gasteiger partial charge is 0.262 e. The molecule has 0 radical (unpaired) electrons. The van der Waals surface area contributed by atoms with E-state index in [0.717, 1.165) is 36.5 Å². The van der Waals surface area contributed by atoms with Gasteiger partial charge in [-0.2, -0.15) is 0 Å². The average Bonchev–Trinajstić information content (AvgIpc) is 2.92. The maximum Gasteiger partial charge on any atom is 0.262 e. The Bertz CT molecular complexity index is 916. The van der Waals surface area contributed by atoms with Crippen molar-refractivity contribution in [2.45, 2.75) is 63.2 Å². The fourth-order valence-corrected chi connectivity index (χ4v) is 5.37. The van der Waals surface area contributed by atoms with Gasteiger partial charge in [0.15, 0.2) is 0 Å². The summed E-state index contributed by atoms with van der Waals surface area (Å²) in [4.78, 5) is 53.1. The van der Waals surface area contributed by atoms with Gasteiger partial charge in [-0.3, -0.25) is 34.3 Å².